The van der Waals surface area contributed by atoms with Crippen molar-refractivity contribution >= 4 is 17.2 Å². The lowest BCUT2D eigenvalue weighted by molar-refractivity contribution is 0.694. The molecule has 0 aliphatic heterocycles. The first-order chi connectivity index (χ1) is 6.09. The minimum absolute atomic E-state index is 0.00347. The molecule has 13 heavy (non-hydrogen) atoms. The molecule has 0 aliphatic rings. The average Bonchev–Trinajstić information content (AvgIpc) is 2.02. The first-order valence-electron chi connectivity index (χ1n) is 4.05. The van der Waals surface area contributed by atoms with E-state index < -0.39 is 0 Å². The van der Waals surface area contributed by atoms with Gasteiger partial charge < -0.3 is 10.3 Å². The van der Waals surface area contributed by atoms with Gasteiger partial charge in [-0.05, 0) is 18.6 Å². The van der Waals surface area contributed by atoms with Crippen molar-refractivity contribution in [3.8, 4) is 0 Å². The van der Waals surface area contributed by atoms with Gasteiger partial charge in [0.15, 0.2) is 0 Å². The summed E-state index contributed by atoms with van der Waals surface area (Å²) >= 11 is 4.73. The molecule has 0 radical (unpaired) electrons. The monoisotopic (exact) mass is 196 g/mol. The molecular weight excluding hydrogens is 184 g/mol. The van der Waals surface area contributed by atoms with Gasteiger partial charge >= 0.3 is 0 Å². The Morgan fingerprint density at radius 2 is 2.38 bits per heavy atom. The number of nitrogens with zero attached hydrogens (tertiary/aromatic N) is 1. The first kappa shape index (κ1) is 9.92. The van der Waals surface area contributed by atoms with E-state index >= 15 is 0 Å². The SMILES string of the molecule is Cc1ccn(CCC(N)=S)c(=O)c1. The minimum Gasteiger partial charge on any atom is -0.393 e. The van der Waals surface area contributed by atoms with Crippen molar-refractivity contribution in [1.82, 2.24) is 4.57 Å². The Morgan fingerprint density at radius 1 is 1.69 bits per heavy atom. The molecule has 0 saturated carbocycles. The second kappa shape index (κ2) is 4.18. The van der Waals surface area contributed by atoms with Crippen LogP contribution in [0.15, 0.2) is 23.1 Å². The number of nitrogens with two attached hydrogens (primary N) is 1. The summed E-state index contributed by atoms with van der Waals surface area (Å²) in [6.07, 6.45) is 2.33. The van der Waals surface area contributed by atoms with E-state index in [1.165, 1.54) is 0 Å². The number of pyridine rings is 1. The van der Waals surface area contributed by atoms with Crippen molar-refractivity contribution in [1.29, 1.82) is 0 Å². The molecule has 0 spiro atoms. The zero-order valence-electron chi connectivity index (χ0n) is 7.49. The highest BCUT2D eigenvalue weighted by Crippen LogP contribution is 1.92. The highest BCUT2D eigenvalue weighted by molar-refractivity contribution is 7.80. The maximum absolute atomic E-state index is 11.3. The number of thiocarbonyl (C=S) groups is 1. The molecule has 0 bridgehead atoms. The normalized spacial score (nSPS) is 9.92. The van der Waals surface area contributed by atoms with E-state index in [0.717, 1.165) is 5.56 Å². The van der Waals surface area contributed by atoms with Crippen molar-refractivity contribution in [2.75, 3.05) is 0 Å². The number of hydrogen-bond acceptors (Lipinski definition) is 2. The van der Waals surface area contributed by atoms with Crippen LogP contribution in [0.2, 0.25) is 0 Å². The fourth-order valence-corrected chi connectivity index (χ4v) is 1.11. The summed E-state index contributed by atoms with van der Waals surface area (Å²) in [6, 6.07) is 3.49. The first-order valence-corrected chi connectivity index (χ1v) is 4.46. The molecule has 1 rings (SSSR count). The van der Waals surface area contributed by atoms with Crippen LogP contribution in [0, 0.1) is 6.92 Å². The summed E-state index contributed by atoms with van der Waals surface area (Å²) < 4.78 is 1.60. The highest BCUT2D eigenvalue weighted by atomic mass is 32.1. The second-order valence-electron chi connectivity index (χ2n) is 2.95. The van der Waals surface area contributed by atoms with Gasteiger partial charge in [0.25, 0.3) is 5.56 Å². The lowest BCUT2D eigenvalue weighted by Gasteiger charge is -2.03. The molecular formula is C9H12N2OS. The molecule has 70 valence electrons. The lowest BCUT2D eigenvalue weighted by atomic mass is 10.3. The standard InChI is InChI=1S/C9H12N2OS/c1-7-2-4-11(9(12)6-7)5-3-8(10)13/h2,4,6H,3,5H2,1H3,(H2,10,13). The number of aromatic nitrogens is 1. The van der Waals surface area contributed by atoms with Gasteiger partial charge in [0.1, 0.15) is 0 Å². The summed E-state index contributed by atoms with van der Waals surface area (Å²) in [4.78, 5) is 11.8. The molecule has 0 fully saturated rings. The van der Waals surface area contributed by atoms with E-state index in [1.54, 1.807) is 16.8 Å². The van der Waals surface area contributed by atoms with Gasteiger partial charge in [-0.25, -0.2) is 0 Å². The second-order valence-corrected chi connectivity index (χ2v) is 3.48. The van der Waals surface area contributed by atoms with E-state index in [9.17, 15) is 4.79 Å². The molecule has 1 heterocycles. The summed E-state index contributed by atoms with van der Waals surface area (Å²) in [7, 11) is 0. The largest absolute Gasteiger partial charge is 0.393 e. The van der Waals surface area contributed by atoms with Crippen LogP contribution in [0.3, 0.4) is 0 Å². The average molecular weight is 196 g/mol. The van der Waals surface area contributed by atoms with Crippen molar-refractivity contribution in [3.05, 3.63) is 34.2 Å². The summed E-state index contributed by atoms with van der Waals surface area (Å²) in [5.74, 6) is 0. The predicted molar refractivity (Wildman–Crippen MR) is 56.8 cm³/mol. The van der Waals surface area contributed by atoms with E-state index in [4.69, 9.17) is 18.0 Å². The quantitative estimate of drug-likeness (QED) is 0.728. The third kappa shape index (κ3) is 2.99. The Morgan fingerprint density at radius 3 is 2.92 bits per heavy atom. The van der Waals surface area contributed by atoms with Crippen LogP contribution in [-0.4, -0.2) is 9.56 Å². The Balaban J connectivity index is 2.78. The van der Waals surface area contributed by atoms with Crippen molar-refractivity contribution in [2.24, 2.45) is 5.73 Å². The van der Waals surface area contributed by atoms with E-state index in [0.29, 0.717) is 18.0 Å². The maximum Gasteiger partial charge on any atom is 0.250 e. The highest BCUT2D eigenvalue weighted by Gasteiger charge is 1.96. The zero-order valence-corrected chi connectivity index (χ0v) is 8.30. The number of aryl methyl sites for hydroxylation is 2. The molecule has 0 aromatic carbocycles. The summed E-state index contributed by atoms with van der Waals surface area (Å²) in [5.41, 5.74) is 6.30. The van der Waals surface area contributed by atoms with Crippen LogP contribution < -0.4 is 11.3 Å². The Labute approximate surface area is 82.2 Å². The van der Waals surface area contributed by atoms with E-state index in [2.05, 4.69) is 0 Å². The molecule has 3 nitrogen and oxygen atoms in total. The van der Waals surface area contributed by atoms with Crippen LogP contribution in [0.25, 0.3) is 0 Å². The minimum atomic E-state index is -0.00347. The Kier molecular flexibility index (Phi) is 3.19. The van der Waals surface area contributed by atoms with Crippen LogP contribution in [0.4, 0.5) is 0 Å². The number of rotatable bonds is 3. The maximum atomic E-state index is 11.3. The fourth-order valence-electron chi connectivity index (χ4n) is 1.02. The third-order valence-electron chi connectivity index (χ3n) is 1.75. The molecule has 0 unspecified atom stereocenters. The third-order valence-corrected chi connectivity index (χ3v) is 1.95. The molecule has 0 atom stereocenters. The fraction of sp³-hybridized carbons (Fsp3) is 0.333. The summed E-state index contributed by atoms with van der Waals surface area (Å²) in [6.45, 7) is 2.45. The molecule has 0 aliphatic carbocycles. The molecule has 2 N–H and O–H groups in total. The van der Waals surface area contributed by atoms with Gasteiger partial charge in [0, 0.05) is 25.2 Å². The smallest absolute Gasteiger partial charge is 0.250 e. The van der Waals surface area contributed by atoms with Crippen LogP contribution in [0.1, 0.15) is 12.0 Å². The summed E-state index contributed by atoms with van der Waals surface area (Å²) in [5, 5.41) is 0. The van der Waals surface area contributed by atoms with Crippen molar-refractivity contribution in [2.45, 2.75) is 19.9 Å². The van der Waals surface area contributed by atoms with Crippen molar-refractivity contribution in [3.63, 3.8) is 0 Å². The van der Waals surface area contributed by atoms with Gasteiger partial charge in [-0.2, -0.15) is 0 Å². The van der Waals surface area contributed by atoms with Crippen LogP contribution in [0.5, 0.6) is 0 Å². The van der Waals surface area contributed by atoms with E-state index in [1.807, 2.05) is 13.0 Å². The van der Waals surface area contributed by atoms with Gasteiger partial charge in [-0.15, -0.1) is 0 Å². The van der Waals surface area contributed by atoms with Gasteiger partial charge in [0.2, 0.25) is 0 Å². The Bertz CT molecular complexity index is 370. The molecule has 0 saturated heterocycles. The molecule has 0 amide bonds. The van der Waals surface area contributed by atoms with Gasteiger partial charge in [0.05, 0.1) is 4.99 Å². The van der Waals surface area contributed by atoms with Gasteiger partial charge in [-0.3, -0.25) is 4.79 Å². The van der Waals surface area contributed by atoms with E-state index in [-0.39, 0.29) is 5.56 Å². The van der Waals surface area contributed by atoms with Crippen LogP contribution >= 0.6 is 12.2 Å². The predicted octanol–water partition coefficient (Wildman–Crippen LogP) is 0.833. The lowest BCUT2D eigenvalue weighted by Crippen LogP contribution is -2.21. The molecule has 4 heteroatoms. The molecule has 1 aromatic rings. The molecule has 1 aromatic heterocycles. The van der Waals surface area contributed by atoms with Crippen molar-refractivity contribution < 1.29 is 0 Å². The zero-order chi connectivity index (χ0) is 9.84. The topological polar surface area (TPSA) is 48.0 Å². The van der Waals surface area contributed by atoms with Crippen LogP contribution in [-0.2, 0) is 6.54 Å². The number of hydrogen-bond donors (Lipinski definition) is 1. The Hall–Kier alpha value is -1.16. The van der Waals surface area contributed by atoms with Gasteiger partial charge in [-0.1, -0.05) is 12.2 Å².